The van der Waals surface area contributed by atoms with Crippen LogP contribution in [0.25, 0.3) is 0 Å². The Bertz CT molecular complexity index is 1790. The molecule has 0 aliphatic carbocycles. The van der Waals surface area contributed by atoms with E-state index in [1.54, 1.807) is 0 Å². The molecule has 0 bridgehead atoms. The number of benzene rings is 4. The van der Waals surface area contributed by atoms with Gasteiger partial charge in [-0.05, 0) is 83.9 Å². The van der Waals surface area contributed by atoms with Crippen LogP contribution >= 0.6 is 0 Å². The molecule has 53 heavy (non-hydrogen) atoms. The first-order valence-electron chi connectivity index (χ1n) is 14.9. The van der Waals surface area contributed by atoms with E-state index in [0.717, 1.165) is 36.4 Å². The number of rotatable bonds is 14. The molecule has 0 saturated carbocycles. The van der Waals surface area contributed by atoms with Gasteiger partial charge in [0.25, 0.3) is 0 Å². The zero-order valence-corrected chi connectivity index (χ0v) is 27.1. The normalized spacial score (nSPS) is 11.4. The Labute approximate surface area is 296 Å². The van der Waals surface area contributed by atoms with Crippen LogP contribution in [0.15, 0.2) is 122 Å². The van der Waals surface area contributed by atoms with Crippen molar-refractivity contribution in [2.75, 3.05) is 13.6 Å². The van der Waals surface area contributed by atoms with Gasteiger partial charge in [-0.3, -0.25) is 0 Å². The molecular formula is C37H26F6O10. The van der Waals surface area contributed by atoms with E-state index in [4.69, 9.17) is 18.9 Å². The van der Waals surface area contributed by atoms with E-state index >= 15 is 0 Å². The van der Waals surface area contributed by atoms with Crippen LogP contribution in [0, 0.1) is 0 Å². The van der Waals surface area contributed by atoms with Crippen LogP contribution in [0.5, 0.6) is 23.0 Å². The quantitative estimate of drug-likeness (QED) is 0.0418. The lowest BCUT2D eigenvalue weighted by Gasteiger charge is -2.38. The minimum atomic E-state index is -5.93. The van der Waals surface area contributed by atoms with E-state index in [9.17, 15) is 45.5 Å². The summed E-state index contributed by atoms with van der Waals surface area (Å²) in [6, 6.07) is 15.7. The second kappa shape index (κ2) is 16.6. The number of alkyl halides is 6. The highest BCUT2D eigenvalue weighted by molar-refractivity contribution is 5.91. The molecule has 0 unspecified atom stereocenters. The summed E-state index contributed by atoms with van der Waals surface area (Å²) < 4.78 is 118. The summed E-state index contributed by atoms with van der Waals surface area (Å²) in [6.45, 7) is 5.57. The van der Waals surface area contributed by atoms with Crippen molar-refractivity contribution in [3.05, 3.63) is 145 Å². The summed E-state index contributed by atoms with van der Waals surface area (Å²) >= 11 is 0. The molecule has 0 spiro atoms. The Morgan fingerprint density at radius 3 is 1.08 bits per heavy atom. The second-order valence-electron chi connectivity index (χ2n) is 10.5. The Morgan fingerprint density at radius 1 is 0.491 bits per heavy atom. The highest BCUT2D eigenvalue weighted by atomic mass is 19.4. The van der Waals surface area contributed by atoms with Crippen LogP contribution < -0.4 is 18.9 Å². The number of hydrogen-bond donors (Lipinski definition) is 0. The third kappa shape index (κ3) is 9.40. The lowest BCUT2D eigenvalue weighted by molar-refractivity contribution is -0.288. The van der Waals surface area contributed by atoms with Crippen molar-refractivity contribution in [2.45, 2.75) is 17.8 Å². The van der Waals surface area contributed by atoms with Crippen molar-refractivity contribution >= 4 is 23.9 Å². The van der Waals surface area contributed by atoms with Crippen LogP contribution in [0.4, 0.5) is 26.3 Å². The van der Waals surface area contributed by atoms with E-state index in [2.05, 4.69) is 22.6 Å². The molecule has 16 heteroatoms. The topological polar surface area (TPSA) is 124 Å². The lowest BCUT2D eigenvalue weighted by atomic mass is 9.73. The van der Waals surface area contributed by atoms with Gasteiger partial charge in [0.05, 0.1) is 11.1 Å². The van der Waals surface area contributed by atoms with Gasteiger partial charge in [-0.1, -0.05) is 37.4 Å². The standard InChI is InChI=1S/C37H26F6O10/c1-3-31(44)50-21-48-27-13-5-23(6-14-27)33(46)52-29-17-9-25(10-18-29)35(36(38,39)40,37(41,42)43)26-11-19-30(20-12-26)53-34(47)24-7-15-28(16-8-24)49-22-51-32(45)4-2/h3-20H,1-2,21-22H2. The third-order valence-corrected chi connectivity index (χ3v) is 7.21. The fourth-order valence-corrected chi connectivity index (χ4v) is 4.66. The molecular weight excluding hydrogens is 718 g/mol. The zero-order chi connectivity index (χ0) is 38.8. The molecule has 0 amide bonds. The Kier molecular flexibility index (Phi) is 12.3. The first-order chi connectivity index (χ1) is 25.1. The van der Waals surface area contributed by atoms with Crippen LogP contribution in [0.2, 0.25) is 0 Å². The van der Waals surface area contributed by atoms with Gasteiger partial charge >= 0.3 is 36.2 Å². The van der Waals surface area contributed by atoms with Gasteiger partial charge in [0, 0.05) is 12.2 Å². The Hall–Kier alpha value is -6.58. The molecule has 0 aliphatic heterocycles. The minimum absolute atomic E-state index is 0.0417. The van der Waals surface area contributed by atoms with Gasteiger partial charge in [-0.25, -0.2) is 19.2 Å². The highest BCUT2D eigenvalue weighted by Gasteiger charge is 2.72. The van der Waals surface area contributed by atoms with Crippen LogP contribution in [0.1, 0.15) is 31.8 Å². The molecule has 276 valence electrons. The van der Waals surface area contributed by atoms with Crippen molar-refractivity contribution in [3.8, 4) is 23.0 Å². The monoisotopic (exact) mass is 744 g/mol. The maximum Gasteiger partial charge on any atom is 0.411 e. The summed E-state index contributed by atoms with van der Waals surface area (Å²) in [5.74, 6) is -3.73. The number of ether oxygens (including phenoxy) is 6. The molecule has 0 heterocycles. The zero-order valence-electron chi connectivity index (χ0n) is 27.1. The second-order valence-corrected chi connectivity index (χ2v) is 10.5. The van der Waals surface area contributed by atoms with Gasteiger partial charge < -0.3 is 28.4 Å². The molecule has 0 N–H and O–H groups in total. The molecule has 0 fully saturated rings. The predicted molar refractivity (Wildman–Crippen MR) is 172 cm³/mol. The fraction of sp³-hybridized carbons (Fsp3) is 0.135. The number of halogens is 6. The maximum absolute atomic E-state index is 14.7. The van der Waals surface area contributed by atoms with Gasteiger partial charge in [0.1, 0.15) is 23.0 Å². The number of esters is 4. The molecule has 0 atom stereocenters. The lowest BCUT2D eigenvalue weighted by Crippen LogP contribution is -2.54. The van der Waals surface area contributed by atoms with E-state index in [0.29, 0.717) is 24.3 Å². The highest BCUT2D eigenvalue weighted by Crippen LogP contribution is 2.56. The van der Waals surface area contributed by atoms with E-state index in [-0.39, 0.29) is 34.1 Å². The smallest absolute Gasteiger partial charge is 0.411 e. The van der Waals surface area contributed by atoms with Crippen molar-refractivity contribution in [1.82, 2.24) is 0 Å². The van der Waals surface area contributed by atoms with Gasteiger partial charge in [0.15, 0.2) is 0 Å². The molecule has 0 aromatic heterocycles. The summed E-state index contributed by atoms with van der Waals surface area (Å²) in [6.07, 6.45) is -10.00. The molecule has 0 radical (unpaired) electrons. The van der Waals surface area contributed by atoms with Crippen LogP contribution in [-0.4, -0.2) is 49.8 Å². The molecule has 0 saturated heterocycles. The largest absolute Gasteiger partial charge is 0.457 e. The SMILES string of the molecule is C=CC(=O)OCOc1ccc(C(=O)Oc2ccc(C(c3ccc(OC(=O)c4ccc(OCOC(=O)C=C)cc4)cc3)(C(F)(F)F)C(F)(F)F)cc2)cc1. The molecule has 4 aromatic carbocycles. The Morgan fingerprint density at radius 2 is 0.792 bits per heavy atom. The summed E-state index contributed by atoms with van der Waals surface area (Å²) in [4.78, 5) is 47.4. The maximum atomic E-state index is 14.7. The predicted octanol–water partition coefficient (Wildman–Crippen LogP) is 7.67. The van der Waals surface area contributed by atoms with Crippen LogP contribution in [-0.2, 0) is 24.5 Å². The summed E-state index contributed by atoms with van der Waals surface area (Å²) in [7, 11) is 0. The molecule has 0 aliphatic rings. The third-order valence-electron chi connectivity index (χ3n) is 7.21. The van der Waals surface area contributed by atoms with Crippen molar-refractivity contribution in [3.63, 3.8) is 0 Å². The average Bonchev–Trinajstić information content (AvgIpc) is 3.12. The van der Waals surface area contributed by atoms with Gasteiger partial charge in [-0.2, -0.15) is 26.3 Å². The Balaban J connectivity index is 1.49. The number of carbonyl (C=O) groups excluding carboxylic acids is 4. The van der Waals surface area contributed by atoms with E-state index in [1.807, 2.05) is 0 Å². The van der Waals surface area contributed by atoms with Crippen molar-refractivity contribution in [1.29, 1.82) is 0 Å². The minimum Gasteiger partial charge on any atom is -0.457 e. The van der Waals surface area contributed by atoms with E-state index < -0.39 is 66.4 Å². The average molecular weight is 745 g/mol. The van der Waals surface area contributed by atoms with Crippen molar-refractivity contribution < 1.29 is 73.9 Å². The molecule has 4 rings (SSSR count). The van der Waals surface area contributed by atoms with Gasteiger partial charge in [0.2, 0.25) is 19.0 Å². The van der Waals surface area contributed by atoms with Gasteiger partial charge in [-0.15, -0.1) is 0 Å². The fourth-order valence-electron chi connectivity index (χ4n) is 4.66. The molecule has 10 nitrogen and oxygen atoms in total. The van der Waals surface area contributed by atoms with Crippen molar-refractivity contribution in [2.24, 2.45) is 0 Å². The number of carbonyl (C=O) groups is 4. The summed E-state index contributed by atoms with van der Waals surface area (Å²) in [5.41, 5.74) is -7.10. The van der Waals surface area contributed by atoms with Crippen LogP contribution in [0.3, 0.4) is 0 Å². The summed E-state index contributed by atoms with van der Waals surface area (Å²) in [5, 5.41) is 0. The molecule has 4 aromatic rings. The van der Waals surface area contributed by atoms with E-state index in [1.165, 1.54) is 48.5 Å². The number of hydrogen-bond acceptors (Lipinski definition) is 10. The first-order valence-corrected chi connectivity index (χ1v) is 14.9. The first kappa shape index (κ1) is 39.2.